The van der Waals surface area contributed by atoms with Crippen molar-refractivity contribution < 1.29 is 27.7 Å². The van der Waals surface area contributed by atoms with Crippen LogP contribution in [0.15, 0.2) is 51.5 Å². The van der Waals surface area contributed by atoms with Crippen molar-refractivity contribution in [1.29, 1.82) is 0 Å². The summed E-state index contributed by atoms with van der Waals surface area (Å²) >= 11 is 0. The largest absolute Gasteiger partial charge is 0.481 e. The van der Waals surface area contributed by atoms with Crippen LogP contribution >= 0.6 is 0 Å². The van der Waals surface area contributed by atoms with Crippen LogP contribution in [0.2, 0.25) is 0 Å². The van der Waals surface area contributed by atoms with E-state index in [0.29, 0.717) is 29.4 Å². The maximum Gasteiger partial charge on any atom is 0.341 e. The number of nitrogens with zero attached hydrogens (tertiary/aromatic N) is 4. The van der Waals surface area contributed by atoms with Gasteiger partial charge in [0, 0.05) is 17.0 Å². The Morgan fingerprint density at radius 1 is 0.946 bits per heavy atom. The van der Waals surface area contributed by atoms with Crippen molar-refractivity contribution in [3.8, 4) is 28.5 Å². The summed E-state index contributed by atoms with van der Waals surface area (Å²) in [5.74, 6) is 0.780. The molecule has 0 saturated heterocycles. The summed E-state index contributed by atoms with van der Waals surface area (Å²) in [7, 11) is 0. The van der Waals surface area contributed by atoms with Crippen molar-refractivity contribution in [2.45, 2.75) is 65.6 Å². The first-order chi connectivity index (χ1) is 17.5. The predicted octanol–water partition coefficient (Wildman–Crippen LogP) is 6.53. The van der Waals surface area contributed by atoms with Gasteiger partial charge in [0.1, 0.15) is 17.2 Å². The van der Waals surface area contributed by atoms with Gasteiger partial charge in [-0.1, -0.05) is 31.1 Å². The lowest BCUT2D eigenvalue weighted by atomic mass is 10.1. The molecule has 0 fully saturated rings. The maximum absolute atomic E-state index is 14.6. The van der Waals surface area contributed by atoms with Gasteiger partial charge in [0.05, 0.1) is 5.56 Å². The molecule has 4 rings (SSSR count). The van der Waals surface area contributed by atoms with E-state index in [1.165, 1.54) is 12.1 Å². The fourth-order valence-electron chi connectivity index (χ4n) is 3.38. The second-order valence-electron chi connectivity index (χ2n) is 9.80. The maximum atomic E-state index is 14.6. The highest BCUT2D eigenvalue weighted by molar-refractivity contribution is 5.90. The van der Waals surface area contributed by atoms with E-state index >= 15 is 0 Å². The molecule has 0 bridgehead atoms. The molecule has 0 radical (unpaired) electrons. The number of carbonyl (C=O) groups excluding carboxylic acids is 1. The number of halogens is 1. The van der Waals surface area contributed by atoms with Crippen molar-refractivity contribution in [2.75, 3.05) is 0 Å². The lowest BCUT2D eigenvalue weighted by molar-refractivity contribution is 0.00647. The molecular formula is C27H29FN4O5. The highest BCUT2D eigenvalue weighted by atomic mass is 19.1. The second-order valence-corrected chi connectivity index (χ2v) is 9.80. The third kappa shape index (κ3) is 6.19. The minimum Gasteiger partial charge on any atom is -0.481 e. The average molecular weight is 509 g/mol. The molecule has 0 aliphatic rings. The molecule has 0 aliphatic carbocycles. The van der Waals surface area contributed by atoms with E-state index in [1.807, 2.05) is 32.9 Å². The molecule has 194 valence electrons. The number of benzene rings is 2. The number of hydrogen-bond acceptors (Lipinski definition) is 9. The number of aromatic nitrogens is 4. The van der Waals surface area contributed by atoms with Crippen molar-refractivity contribution >= 4 is 5.97 Å². The van der Waals surface area contributed by atoms with Crippen molar-refractivity contribution in [1.82, 2.24) is 20.3 Å². The second kappa shape index (κ2) is 10.5. The van der Waals surface area contributed by atoms with E-state index in [2.05, 4.69) is 20.3 Å². The van der Waals surface area contributed by atoms with Crippen LogP contribution in [-0.2, 0) is 4.74 Å². The predicted molar refractivity (Wildman–Crippen MR) is 132 cm³/mol. The molecule has 0 spiro atoms. The molecule has 0 unspecified atom stereocenters. The topological polar surface area (TPSA) is 113 Å². The first-order valence-electron chi connectivity index (χ1n) is 12.0. The van der Waals surface area contributed by atoms with Gasteiger partial charge in [-0.05, 0) is 69.7 Å². The summed E-state index contributed by atoms with van der Waals surface area (Å²) in [4.78, 5) is 21.0. The Morgan fingerprint density at radius 2 is 1.54 bits per heavy atom. The molecule has 2 aromatic heterocycles. The van der Waals surface area contributed by atoms with Crippen molar-refractivity contribution in [3.63, 3.8) is 0 Å². The van der Waals surface area contributed by atoms with Crippen molar-refractivity contribution in [3.05, 3.63) is 65.6 Å². The fraction of sp³-hybridized carbons (Fsp3) is 0.370. The van der Waals surface area contributed by atoms with Gasteiger partial charge in [0.2, 0.25) is 17.5 Å². The van der Waals surface area contributed by atoms with Gasteiger partial charge in [-0.15, -0.1) is 0 Å². The molecule has 0 amide bonds. The Labute approximate surface area is 214 Å². The highest BCUT2D eigenvalue weighted by Gasteiger charge is 2.23. The molecule has 4 aromatic rings. The highest BCUT2D eigenvalue weighted by Crippen LogP contribution is 2.28. The Morgan fingerprint density at radius 3 is 2.11 bits per heavy atom. The fourth-order valence-corrected chi connectivity index (χ4v) is 3.38. The van der Waals surface area contributed by atoms with Crippen LogP contribution in [0.5, 0.6) is 5.75 Å². The van der Waals surface area contributed by atoms with E-state index < -0.39 is 23.5 Å². The van der Waals surface area contributed by atoms with E-state index in [9.17, 15) is 9.18 Å². The third-order valence-corrected chi connectivity index (χ3v) is 5.26. The molecule has 2 heterocycles. The standard InChI is InChI=1S/C27H29FN4O5/c1-7-21(34-18-11-8-16(9-12-18)22-29-24(15(2)3)36-31-22)25-30-23(32-37-25)17-10-13-19(20(28)14-17)26(33)35-27(4,5)6/h8-15,21H,7H2,1-6H3/t21-/m1/s1. The molecule has 9 nitrogen and oxygen atoms in total. The summed E-state index contributed by atoms with van der Waals surface area (Å²) in [6.45, 7) is 11.0. The number of ether oxygens (including phenoxy) is 2. The minimum atomic E-state index is -0.740. The molecule has 0 saturated carbocycles. The Bertz CT molecular complexity index is 1370. The summed E-state index contributed by atoms with van der Waals surface area (Å²) in [6, 6.07) is 11.3. The van der Waals surface area contributed by atoms with Crippen LogP contribution in [0.25, 0.3) is 22.8 Å². The van der Waals surface area contributed by atoms with Crippen molar-refractivity contribution in [2.24, 2.45) is 0 Å². The van der Waals surface area contributed by atoms with Gasteiger partial charge in [0.15, 0.2) is 6.10 Å². The van der Waals surface area contributed by atoms with Gasteiger partial charge in [-0.3, -0.25) is 0 Å². The Kier molecular flexibility index (Phi) is 7.37. The Balaban J connectivity index is 1.46. The zero-order chi connectivity index (χ0) is 26.7. The van der Waals surface area contributed by atoms with Crippen LogP contribution in [0.3, 0.4) is 0 Å². The van der Waals surface area contributed by atoms with E-state index in [4.69, 9.17) is 18.5 Å². The lowest BCUT2D eigenvalue weighted by Crippen LogP contribution is -2.24. The molecule has 0 N–H and O–H groups in total. The van der Waals surface area contributed by atoms with Crippen LogP contribution in [-0.4, -0.2) is 31.9 Å². The number of carbonyl (C=O) groups is 1. The molecule has 37 heavy (non-hydrogen) atoms. The van der Waals surface area contributed by atoms with Gasteiger partial charge in [-0.2, -0.15) is 9.97 Å². The summed E-state index contributed by atoms with van der Waals surface area (Å²) < 4.78 is 36.6. The van der Waals surface area contributed by atoms with Gasteiger partial charge in [-0.25, -0.2) is 9.18 Å². The summed E-state index contributed by atoms with van der Waals surface area (Å²) in [5, 5.41) is 7.98. The number of hydrogen-bond donors (Lipinski definition) is 0. The van der Waals surface area contributed by atoms with Crippen LogP contribution < -0.4 is 4.74 Å². The van der Waals surface area contributed by atoms with Gasteiger partial charge in [0.25, 0.3) is 5.89 Å². The smallest absolute Gasteiger partial charge is 0.341 e. The van der Waals surface area contributed by atoms with Crippen LogP contribution in [0, 0.1) is 5.82 Å². The van der Waals surface area contributed by atoms with E-state index in [-0.39, 0.29) is 23.2 Å². The van der Waals surface area contributed by atoms with Crippen LogP contribution in [0.1, 0.15) is 82.1 Å². The van der Waals surface area contributed by atoms with E-state index in [1.54, 1.807) is 39.0 Å². The quantitative estimate of drug-likeness (QED) is 0.245. The Hall–Kier alpha value is -4.08. The third-order valence-electron chi connectivity index (χ3n) is 5.26. The molecule has 1 atom stereocenters. The molecule has 0 aliphatic heterocycles. The van der Waals surface area contributed by atoms with Gasteiger partial charge < -0.3 is 18.5 Å². The monoisotopic (exact) mass is 508 g/mol. The van der Waals surface area contributed by atoms with E-state index in [0.717, 1.165) is 5.56 Å². The zero-order valence-electron chi connectivity index (χ0n) is 21.6. The molecule has 2 aromatic carbocycles. The number of rotatable bonds is 8. The normalized spacial score (nSPS) is 12.5. The minimum absolute atomic E-state index is 0.146. The summed E-state index contributed by atoms with van der Waals surface area (Å²) in [5.41, 5.74) is 0.264. The summed E-state index contributed by atoms with van der Waals surface area (Å²) in [6.07, 6.45) is 0.0356. The SMILES string of the molecule is CC[C@@H](Oc1ccc(-c2noc(C(C)C)n2)cc1)c1nc(-c2ccc(C(=O)OC(C)(C)C)c(F)c2)no1. The van der Waals surface area contributed by atoms with Gasteiger partial charge >= 0.3 is 5.97 Å². The first kappa shape index (κ1) is 26.0. The molecular weight excluding hydrogens is 479 g/mol. The zero-order valence-corrected chi connectivity index (χ0v) is 21.6. The first-order valence-corrected chi connectivity index (χ1v) is 12.0. The van der Waals surface area contributed by atoms with Crippen LogP contribution in [0.4, 0.5) is 4.39 Å². The molecule has 10 heteroatoms. The number of esters is 1. The average Bonchev–Trinajstić information content (AvgIpc) is 3.52. The lowest BCUT2D eigenvalue weighted by Gasteiger charge is -2.19.